The summed E-state index contributed by atoms with van der Waals surface area (Å²) in [4.78, 5) is 99.8. The standard InChI is InChI=1S/C31H52N7O19P3S/c1-17(2)7-5-6-8-18(29(43)44)30(45)61-12-11-33-20(39)9-10-34-27(42)24(41)31(3,4)14-54-60(51,52)57-59(49,50)53-13-19-23(56-58(46,47)48)22(40)28(55-19)38-16-37-21-25(32)35-15-36-26(21)38/h15-19,22-24,28,40-41H,5-14H2,1-4H3,(H,33,39)(H,34,42)(H,43,44)(H,49,50)(H,51,52)(H2,32,35,36)(H2,46,47,48). The van der Waals surface area contributed by atoms with Gasteiger partial charge >= 0.3 is 29.4 Å². The van der Waals surface area contributed by atoms with Gasteiger partial charge in [-0.25, -0.2) is 28.6 Å². The Labute approximate surface area is 353 Å². The molecule has 0 saturated carbocycles. The molecule has 346 valence electrons. The number of nitrogens with one attached hydrogen (secondary N) is 2. The summed E-state index contributed by atoms with van der Waals surface area (Å²) in [5.74, 6) is -3.38. The number of aromatic nitrogens is 4. The van der Waals surface area contributed by atoms with Crippen molar-refractivity contribution >= 4 is 75.1 Å². The number of carboxylic acid groups (broad SMARTS) is 1. The second kappa shape index (κ2) is 22.6. The predicted molar refractivity (Wildman–Crippen MR) is 212 cm³/mol. The quantitative estimate of drug-likeness (QED) is 0.0350. The summed E-state index contributed by atoms with van der Waals surface area (Å²) in [6, 6.07) is 0. The van der Waals surface area contributed by atoms with Gasteiger partial charge in [0, 0.05) is 30.7 Å². The first-order valence-corrected chi connectivity index (χ1v) is 24.0. The topological polar surface area (TPSA) is 401 Å². The lowest BCUT2D eigenvalue weighted by atomic mass is 9.87. The van der Waals surface area contributed by atoms with Crippen LogP contribution in [0.15, 0.2) is 12.7 Å². The van der Waals surface area contributed by atoms with Gasteiger partial charge in [-0.3, -0.25) is 37.3 Å². The number of anilines is 1. The number of imidazole rings is 1. The third kappa shape index (κ3) is 16.6. The fourth-order valence-corrected chi connectivity index (χ4v) is 9.28. The van der Waals surface area contributed by atoms with Crippen molar-refractivity contribution in [2.45, 2.75) is 90.4 Å². The zero-order valence-electron chi connectivity index (χ0n) is 33.4. The van der Waals surface area contributed by atoms with Crippen molar-refractivity contribution in [1.82, 2.24) is 30.2 Å². The summed E-state index contributed by atoms with van der Waals surface area (Å²) in [7, 11) is -16.5. The number of unbranched alkanes of at least 4 members (excludes halogenated alkanes) is 1. The molecule has 30 heteroatoms. The Morgan fingerprint density at radius 2 is 1.66 bits per heavy atom. The van der Waals surface area contributed by atoms with Crippen LogP contribution in [0.1, 0.15) is 66.0 Å². The molecule has 1 aliphatic rings. The van der Waals surface area contributed by atoms with E-state index in [0.29, 0.717) is 12.3 Å². The number of carboxylic acids is 1. The molecule has 26 nitrogen and oxygen atoms in total. The molecule has 0 radical (unpaired) electrons. The number of hydrogen-bond donors (Lipinski definition) is 10. The highest BCUT2D eigenvalue weighted by Gasteiger charge is 2.50. The van der Waals surface area contributed by atoms with Crippen LogP contribution in [0.3, 0.4) is 0 Å². The minimum absolute atomic E-state index is 0.0194. The van der Waals surface area contributed by atoms with Crippen molar-refractivity contribution in [3.8, 4) is 0 Å². The van der Waals surface area contributed by atoms with Crippen LogP contribution in [-0.4, -0.2) is 134 Å². The van der Waals surface area contributed by atoms with Gasteiger partial charge in [0.15, 0.2) is 17.7 Å². The third-order valence-corrected chi connectivity index (χ3v) is 12.9. The largest absolute Gasteiger partial charge is 0.481 e. The van der Waals surface area contributed by atoms with Crippen LogP contribution in [0.5, 0.6) is 0 Å². The molecule has 3 heterocycles. The maximum Gasteiger partial charge on any atom is 0.481 e. The molecule has 8 unspecified atom stereocenters. The van der Waals surface area contributed by atoms with Crippen LogP contribution in [0, 0.1) is 17.3 Å². The number of aliphatic hydroxyl groups excluding tert-OH is 2. The van der Waals surface area contributed by atoms with E-state index in [9.17, 15) is 67.8 Å². The first-order valence-electron chi connectivity index (χ1n) is 18.5. The molecule has 0 bridgehead atoms. The lowest BCUT2D eigenvalue weighted by Crippen LogP contribution is -2.46. The molecular weight excluding hydrogens is 899 g/mol. The summed E-state index contributed by atoms with van der Waals surface area (Å²) in [5.41, 5.74) is 4.20. The number of carbonyl (C=O) groups excluding carboxylic acids is 3. The van der Waals surface area contributed by atoms with Crippen LogP contribution in [0.25, 0.3) is 11.2 Å². The second-order valence-electron chi connectivity index (χ2n) is 14.8. The number of nitrogens with zero attached hydrogens (tertiary/aromatic N) is 4. The zero-order valence-corrected chi connectivity index (χ0v) is 36.9. The van der Waals surface area contributed by atoms with Crippen LogP contribution in [0.2, 0.25) is 0 Å². The Morgan fingerprint density at radius 3 is 2.30 bits per heavy atom. The molecule has 1 aliphatic heterocycles. The monoisotopic (exact) mass is 951 g/mol. The lowest BCUT2D eigenvalue weighted by molar-refractivity contribution is -0.144. The number of nitrogens with two attached hydrogens (primary N) is 1. The van der Waals surface area contributed by atoms with E-state index in [2.05, 4.69) is 48.3 Å². The number of fused-ring (bicyclic) bond motifs is 1. The lowest BCUT2D eigenvalue weighted by Gasteiger charge is -2.30. The number of phosphoric ester groups is 3. The number of hydrogen-bond acceptors (Lipinski definition) is 19. The van der Waals surface area contributed by atoms with E-state index < -0.39 is 102 Å². The Kier molecular flexibility index (Phi) is 19.4. The highest BCUT2D eigenvalue weighted by molar-refractivity contribution is 8.13. The summed E-state index contributed by atoms with van der Waals surface area (Å²) >= 11 is 0.790. The van der Waals surface area contributed by atoms with E-state index in [1.807, 2.05) is 0 Å². The van der Waals surface area contributed by atoms with Gasteiger partial charge in [-0.2, -0.15) is 4.31 Å². The number of carbonyl (C=O) groups is 4. The summed E-state index contributed by atoms with van der Waals surface area (Å²) < 4.78 is 62.2. The van der Waals surface area contributed by atoms with Crippen molar-refractivity contribution in [3.63, 3.8) is 0 Å². The molecule has 8 atom stereocenters. The molecule has 0 spiro atoms. The molecule has 1 saturated heterocycles. The third-order valence-electron chi connectivity index (χ3n) is 8.85. The first-order chi connectivity index (χ1) is 28.2. The van der Waals surface area contributed by atoms with Gasteiger partial charge in [0.05, 0.1) is 19.5 Å². The smallest absolute Gasteiger partial charge is 0.481 e. The van der Waals surface area contributed by atoms with Crippen LogP contribution < -0.4 is 16.4 Å². The van der Waals surface area contributed by atoms with E-state index in [1.165, 1.54) is 13.8 Å². The van der Waals surface area contributed by atoms with Gasteiger partial charge in [-0.1, -0.05) is 58.7 Å². The molecule has 11 N–H and O–H groups in total. The van der Waals surface area contributed by atoms with Gasteiger partial charge in [0.1, 0.15) is 42.2 Å². The molecule has 2 aromatic rings. The Balaban J connectivity index is 1.45. The maximum atomic E-state index is 12.7. The second-order valence-corrected chi connectivity index (χ2v) is 20.1. The number of ether oxygens (including phenoxy) is 1. The molecule has 2 amide bonds. The van der Waals surface area contributed by atoms with Crippen LogP contribution in [0.4, 0.5) is 5.82 Å². The van der Waals surface area contributed by atoms with Gasteiger partial charge in [-0.15, -0.1) is 0 Å². The van der Waals surface area contributed by atoms with Crippen molar-refractivity contribution < 1.29 is 90.4 Å². The number of rotatable bonds is 26. The SMILES string of the molecule is CC(C)CCCCC(C(=O)O)C(=O)SCCNC(=O)CCNC(=O)C(O)C(C)(C)COP(=O)(O)OP(=O)(O)OCC1OC(n2cnc3c(N)ncnc32)C(O)C1OP(=O)(O)O. The maximum absolute atomic E-state index is 12.7. The molecule has 2 aromatic heterocycles. The zero-order chi connectivity index (χ0) is 45.9. The van der Waals surface area contributed by atoms with Crippen LogP contribution in [-0.2, 0) is 55.5 Å². The van der Waals surface area contributed by atoms with Gasteiger partial charge in [-0.05, 0) is 12.3 Å². The van der Waals surface area contributed by atoms with Gasteiger partial charge in [0.2, 0.25) is 16.9 Å². The number of aliphatic hydroxyl groups is 2. The Bertz CT molecular complexity index is 1990. The average molecular weight is 952 g/mol. The molecule has 0 aromatic carbocycles. The van der Waals surface area contributed by atoms with Gasteiger partial charge < -0.3 is 56.0 Å². The molecule has 3 rings (SSSR count). The summed E-state index contributed by atoms with van der Waals surface area (Å²) in [6.07, 6.45) is -4.58. The molecule has 1 fully saturated rings. The van der Waals surface area contributed by atoms with E-state index in [1.54, 1.807) is 0 Å². The average Bonchev–Trinajstić information content (AvgIpc) is 3.70. The number of thioether (sulfide) groups is 1. The van der Waals surface area contributed by atoms with Crippen LogP contribution >= 0.6 is 35.2 Å². The van der Waals surface area contributed by atoms with Crippen molar-refractivity contribution in [2.75, 3.05) is 37.8 Å². The van der Waals surface area contributed by atoms with Crippen molar-refractivity contribution in [1.29, 1.82) is 0 Å². The molecular formula is C31H52N7O19P3S. The van der Waals surface area contributed by atoms with E-state index >= 15 is 0 Å². The Hall–Kier alpha value is -2.97. The van der Waals surface area contributed by atoms with Gasteiger partial charge in [0.25, 0.3) is 0 Å². The minimum Gasteiger partial charge on any atom is -0.481 e. The van der Waals surface area contributed by atoms with E-state index in [0.717, 1.165) is 41.8 Å². The highest BCUT2D eigenvalue weighted by atomic mass is 32.2. The van der Waals surface area contributed by atoms with Crippen molar-refractivity contribution in [2.24, 2.45) is 17.3 Å². The number of phosphoric acid groups is 3. The van der Waals surface area contributed by atoms with Crippen molar-refractivity contribution in [3.05, 3.63) is 12.7 Å². The molecule has 0 aliphatic carbocycles. The predicted octanol–water partition coefficient (Wildman–Crippen LogP) is 0.582. The fraction of sp³-hybridized carbons (Fsp3) is 0.710. The van der Waals surface area contributed by atoms with E-state index in [4.69, 9.17) is 19.5 Å². The normalized spacial score (nSPS) is 21.4. The highest BCUT2D eigenvalue weighted by Crippen LogP contribution is 2.61. The fourth-order valence-electron chi connectivity index (χ4n) is 5.63. The summed E-state index contributed by atoms with van der Waals surface area (Å²) in [6.45, 7) is 4.25. The first kappa shape index (κ1) is 52.4. The summed E-state index contributed by atoms with van der Waals surface area (Å²) in [5, 5.41) is 35.2. The Morgan fingerprint density at radius 1 is 1.00 bits per heavy atom. The molecule has 61 heavy (non-hydrogen) atoms. The number of nitrogen functional groups attached to an aromatic ring is 1. The van der Waals surface area contributed by atoms with E-state index in [-0.39, 0.29) is 48.7 Å². The number of amides is 2. The minimum atomic E-state index is -5.60. The number of aliphatic carboxylic acids is 1.